The van der Waals surface area contributed by atoms with Crippen LogP contribution in [0.3, 0.4) is 0 Å². The molecule has 13 heavy (non-hydrogen) atoms. The lowest BCUT2D eigenvalue weighted by atomic mass is 10.1. The number of hydrogen-bond donors (Lipinski definition) is 1. The molecule has 5 heteroatoms. The van der Waals surface area contributed by atoms with E-state index in [4.69, 9.17) is 10.5 Å². The van der Waals surface area contributed by atoms with Gasteiger partial charge in [-0.05, 0) is 20.8 Å². The van der Waals surface area contributed by atoms with E-state index in [0.29, 0.717) is 0 Å². The molecule has 0 saturated heterocycles. The molecule has 0 atom stereocenters. The summed E-state index contributed by atoms with van der Waals surface area (Å²) in [7, 11) is 1.41. The van der Waals surface area contributed by atoms with Gasteiger partial charge in [0.05, 0.1) is 12.6 Å². The zero-order valence-electron chi connectivity index (χ0n) is 8.26. The zero-order chi connectivity index (χ0) is 10.2. The fourth-order valence-corrected chi connectivity index (χ4v) is 0.986. The standard InChI is InChI=1S/C8H14FN3O/c1-8(2,3)12-6(9)5(10)7(11-12)13-4/h10H2,1-4H3. The van der Waals surface area contributed by atoms with Gasteiger partial charge >= 0.3 is 0 Å². The van der Waals surface area contributed by atoms with Crippen LogP contribution in [-0.2, 0) is 5.54 Å². The lowest BCUT2D eigenvalue weighted by Gasteiger charge is -2.18. The maximum atomic E-state index is 13.4. The lowest BCUT2D eigenvalue weighted by molar-refractivity contribution is 0.290. The maximum absolute atomic E-state index is 13.4. The van der Waals surface area contributed by atoms with Crippen molar-refractivity contribution >= 4 is 5.69 Å². The monoisotopic (exact) mass is 187 g/mol. The van der Waals surface area contributed by atoms with Gasteiger partial charge in [0.25, 0.3) is 5.88 Å². The second-order valence-electron chi connectivity index (χ2n) is 3.80. The van der Waals surface area contributed by atoms with Crippen LogP contribution in [-0.4, -0.2) is 16.9 Å². The summed E-state index contributed by atoms with van der Waals surface area (Å²) in [6.07, 6.45) is 0. The quantitative estimate of drug-likeness (QED) is 0.722. The van der Waals surface area contributed by atoms with E-state index in [0.717, 1.165) is 0 Å². The highest BCUT2D eigenvalue weighted by Crippen LogP contribution is 2.27. The van der Waals surface area contributed by atoms with Gasteiger partial charge in [0.2, 0.25) is 5.95 Å². The van der Waals surface area contributed by atoms with E-state index in [1.807, 2.05) is 20.8 Å². The third-order valence-electron chi connectivity index (χ3n) is 1.66. The highest BCUT2D eigenvalue weighted by atomic mass is 19.1. The number of nitrogens with zero attached hydrogens (tertiary/aromatic N) is 2. The Morgan fingerprint density at radius 1 is 1.46 bits per heavy atom. The van der Waals surface area contributed by atoms with Crippen molar-refractivity contribution in [2.24, 2.45) is 0 Å². The van der Waals surface area contributed by atoms with Crippen LogP contribution in [0.2, 0.25) is 0 Å². The second kappa shape index (κ2) is 2.90. The van der Waals surface area contributed by atoms with E-state index in [1.54, 1.807) is 0 Å². The Morgan fingerprint density at radius 2 is 2.00 bits per heavy atom. The van der Waals surface area contributed by atoms with Crippen molar-refractivity contribution in [1.82, 2.24) is 9.78 Å². The molecule has 0 radical (unpaired) electrons. The molecule has 0 bridgehead atoms. The molecule has 1 heterocycles. The Bertz CT molecular complexity index is 314. The number of methoxy groups -OCH3 is 1. The molecule has 1 aromatic rings. The Kier molecular flexibility index (Phi) is 2.19. The molecule has 4 nitrogen and oxygen atoms in total. The molecule has 0 spiro atoms. The minimum Gasteiger partial charge on any atom is -0.478 e. The van der Waals surface area contributed by atoms with Crippen molar-refractivity contribution in [2.75, 3.05) is 12.8 Å². The van der Waals surface area contributed by atoms with Gasteiger partial charge in [0.1, 0.15) is 0 Å². The summed E-state index contributed by atoms with van der Waals surface area (Å²) in [5, 5.41) is 3.89. The topological polar surface area (TPSA) is 53.1 Å². The first kappa shape index (κ1) is 9.83. The first-order valence-corrected chi connectivity index (χ1v) is 3.96. The van der Waals surface area contributed by atoms with E-state index < -0.39 is 11.5 Å². The molecule has 1 aromatic heterocycles. The summed E-state index contributed by atoms with van der Waals surface area (Å²) in [6, 6.07) is 0. The Morgan fingerprint density at radius 3 is 2.23 bits per heavy atom. The first-order valence-electron chi connectivity index (χ1n) is 3.96. The van der Waals surface area contributed by atoms with Crippen LogP contribution in [0.15, 0.2) is 0 Å². The second-order valence-corrected chi connectivity index (χ2v) is 3.80. The van der Waals surface area contributed by atoms with E-state index in [1.165, 1.54) is 11.8 Å². The molecule has 0 amide bonds. The Balaban J connectivity index is 3.25. The molecule has 0 aliphatic carbocycles. The first-order chi connectivity index (χ1) is 5.88. The average Bonchev–Trinajstić information content (AvgIpc) is 2.28. The minimum atomic E-state index is -0.552. The average molecular weight is 187 g/mol. The summed E-state index contributed by atoms with van der Waals surface area (Å²) in [5.74, 6) is -0.420. The van der Waals surface area contributed by atoms with Crippen molar-refractivity contribution in [3.05, 3.63) is 5.95 Å². The molecule has 74 valence electrons. The van der Waals surface area contributed by atoms with Gasteiger partial charge in [-0.15, -0.1) is 5.10 Å². The summed E-state index contributed by atoms with van der Waals surface area (Å²) >= 11 is 0. The van der Waals surface area contributed by atoms with Crippen molar-refractivity contribution in [2.45, 2.75) is 26.3 Å². The van der Waals surface area contributed by atoms with Crippen LogP contribution < -0.4 is 10.5 Å². The number of nitrogen functional groups attached to an aromatic ring is 1. The predicted molar refractivity (Wildman–Crippen MR) is 48.1 cm³/mol. The molecular weight excluding hydrogens is 173 g/mol. The van der Waals surface area contributed by atoms with Crippen molar-refractivity contribution in [3.63, 3.8) is 0 Å². The molecule has 0 saturated carbocycles. The summed E-state index contributed by atoms with van der Waals surface area (Å²) in [4.78, 5) is 0. The van der Waals surface area contributed by atoms with Crippen LogP contribution in [0.4, 0.5) is 10.1 Å². The number of rotatable bonds is 1. The predicted octanol–water partition coefficient (Wildman–Crippen LogP) is 1.37. The molecule has 0 fully saturated rings. The number of ether oxygens (including phenoxy) is 1. The molecule has 0 aliphatic rings. The summed E-state index contributed by atoms with van der Waals surface area (Å²) in [5.41, 5.74) is 4.95. The number of aromatic nitrogens is 2. The normalized spacial score (nSPS) is 11.8. The third-order valence-corrected chi connectivity index (χ3v) is 1.66. The number of anilines is 1. The smallest absolute Gasteiger partial charge is 0.259 e. The molecule has 2 N–H and O–H groups in total. The Labute approximate surface area is 76.5 Å². The van der Waals surface area contributed by atoms with E-state index in [-0.39, 0.29) is 11.6 Å². The van der Waals surface area contributed by atoms with Crippen LogP contribution in [0.5, 0.6) is 5.88 Å². The van der Waals surface area contributed by atoms with E-state index in [2.05, 4.69) is 5.10 Å². The Hall–Kier alpha value is -1.26. The lowest BCUT2D eigenvalue weighted by Crippen LogP contribution is -2.25. The van der Waals surface area contributed by atoms with E-state index in [9.17, 15) is 4.39 Å². The van der Waals surface area contributed by atoms with Crippen molar-refractivity contribution < 1.29 is 9.13 Å². The fraction of sp³-hybridized carbons (Fsp3) is 0.625. The number of nitrogens with two attached hydrogens (primary N) is 1. The fourth-order valence-electron chi connectivity index (χ4n) is 0.986. The molecular formula is C8H14FN3O. The highest BCUT2D eigenvalue weighted by molar-refractivity contribution is 5.47. The SMILES string of the molecule is COc1nn(C(C)(C)C)c(F)c1N. The van der Waals surface area contributed by atoms with Gasteiger partial charge < -0.3 is 10.5 Å². The maximum Gasteiger partial charge on any atom is 0.259 e. The van der Waals surface area contributed by atoms with Gasteiger partial charge in [0, 0.05) is 0 Å². The van der Waals surface area contributed by atoms with Gasteiger partial charge in [-0.25, -0.2) is 4.68 Å². The van der Waals surface area contributed by atoms with Crippen molar-refractivity contribution in [1.29, 1.82) is 0 Å². The third kappa shape index (κ3) is 1.59. The number of halogens is 1. The van der Waals surface area contributed by atoms with Gasteiger partial charge in [0.15, 0.2) is 5.69 Å². The summed E-state index contributed by atoms with van der Waals surface area (Å²) in [6.45, 7) is 5.51. The molecule has 0 aromatic carbocycles. The largest absolute Gasteiger partial charge is 0.478 e. The number of hydrogen-bond acceptors (Lipinski definition) is 3. The van der Waals surface area contributed by atoms with Crippen LogP contribution >= 0.6 is 0 Å². The van der Waals surface area contributed by atoms with Crippen LogP contribution in [0.1, 0.15) is 20.8 Å². The molecule has 0 aliphatic heterocycles. The van der Waals surface area contributed by atoms with Gasteiger partial charge in [-0.3, -0.25) is 0 Å². The van der Waals surface area contributed by atoms with Gasteiger partial charge in [-0.1, -0.05) is 0 Å². The molecule has 0 unspecified atom stereocenters. The highest BCUT2D eigenvalue weighted by Gasteiger charge is 2.24. The zero-order valence-corrected chi connectivity index (χ0v) is 8.26. The minimum absolute atomic E-state index is 0.0441. The van der Waals surface area contributed by atoms with Crippen LogP contribution in [0.25, 0.3) is 0 Å². The molecule has 1 rings (SSSR count). The summed E-state index contributed by atoms with van der Waals surface area (Å²) < 4.78 is 19.4. The van der Waals surface area contributed by atoms with Crippen LogP contribution in [0, 0.1) is 5.95 Å². The van der Waals surface area contributed by atoms with Crippen molar-refractivity contribution in [3.8, 4) is 5.88 Å². The van der Waals surface area contributed by atoms with Gasteiger partial charge in [-0.2, -0.15) is 4.39 Å². The van der Waals surface area contributed by atoms with E-state index >= 15 is 0 Å².